The van der Waals surface area contributed by atoms with Crippen LogP contribution < -0.4 is 5.32 Å². The molecule has 0 atom stereocenters. The van der Waals surface area contributed by atoms with Gasteiger partial charge in [0.1, 0.15) is 18.0 Å². The maximum absolute atomic E-state index is 14.0. The number of urea groups is 1. The zero-order valence-electron chi connectivity index (χ0n) is 17.9. The van der Waals surface area contributed by atoms with Crippen LogP contribution in [-0.2, 0) is 13.1 Å². The fourth-order valence-corrected chi connectivity index (χ4v) is 4.55. The number of carbonyl (C=O) groups is 2. The summed E-state index contributed by atoms with van der Waals surface area (Å²) in [5, 5.41) is 2.83. The highest BCUT2D eigenvalue weighted by atomic mass is 19.1. The van der Waals surface area contributed by atoms with Crippen molar-refractivity contribution in [2.45, 2.75) is 31.8 Å². The molecular weight excluding hydrogens is 428 g/mol. The third-order valence-corrected chi connectivity index (χ3v) is 6.37. The second-order valence-corrected chi connectivity index (χ2v) is 8.45. The molecule has 7 nitrogen and oxygen atoms in total. The number of fused-ring (bicyclic) bond motifs is 1. The predicted molar refractivity (Wildman–Crippen MR) is 118 cm³/mol. The van der Waals surface area contributed by atoms with Gasteiger partial charge in [-0.05, 0) is 48.1 Å². The summed E-state index contributed by atoms with van der Waals surface area (Å²) in [5.41, 5.74) is 2.66. The van der Waals surface area contributed by atoms with Crippen molar-refractivity contribution in [3.8, 4) is 0 Å². The fraction of sp³-hybridized carbons (Fsp3) is 0.292. The Morgan fingerprint density at radius 3 is 2.45 bits per heavy atom. The van der Waals surface area contributed by atoms with Gasteiger partial charge in [0.25, 0.3) is 0 Å². The normalized spacial score (nSPS) is 16.1. The summed E-state index contributed by atoms with van der Waals surface area (Å²) in [6, 6.07) is 9.37. The summed E-state index contributed by atoms with van der Waals surface area (Å²) in [6.07, 6.45) is 6.47. The SMILES string of the molecule is O=C(Nc1ccc(C2CCN(C(=O)n3ccnc3)CC2)cc1)N1Cc2cc(F)cc(F)c2C1. The molecule has 9 heteroatoms. The number of likely N-dealkylation sites (tertiary alicyclic amines) is 1. The highest BCUT2D eigenvalue weighted by molar-refractivity contribution is 5.89. The topological polar surface area (TPSA) is 70.5 Å². The van der Waals surface area contributed by atoms with Gasteiger partial charge in [0, 0.05) is 49.3 Å². The van der Waals surface area contributed by atoms with Crippen molar-refractivity contribution in [1.29, 1.82) is 0 Å². The number of carbonyl (C=O) groups excluding carboxylic acids is 2. The van der Waals surface area contributed by atoms with E-state index in [0.717, 1.165) is 24.5 Å². The van der Waals surface area contributed by atoms with Crippen LogP contribution in [0.5, 0.6) is 0 Å². The molecule has 33 heavy (non-hydrogen) atoms. The molecule has 2 aromatic carbocycles. The van der Waals surface area contributed by atoms with Crippen LogP contribution in [0.2, 0.25) is 0 Å². The van der Waals surface area contributed by atoms with E-state index in [0.29, 0.717) is 35.8 Å². The first-order valence-electron chi connectivity index (χ1n) is 10.9. The number of nitrogens with one attached hydrogen (secondary N) is 1. The van der Waals surface area contributed by atoms with E-state index in [1.807, 2.05) is 29.2 Å². The lowest BCUT2D eigenvalue weighted by atomic mass is 9.89. The first kappa shape index (κ1) is 21.1. The van der Waals surface area contributed by atoms with Crippen molar-refractivity contribution in [1.82, 2.24) is 19.4 Å². The minimum absolute atomic E-state index is 0.0595. The summed E-state index contributed by atoms with van der Waals surface area (Å²) < 4.78 is 28.9. The smallest absolute Gasteiger partial charge is 0.324 e. The minimum atomic E-state index is -0.638. The summed E-state index contributed by atoms with van der Waals surface area (Å²) in [6.45, 7) is 1.63. The molecule has 0 spiro atoms. The van der Waals surface area contributed by atoms with E-state index in [1.54, 1.807) is 12.4 Å². The Balaban J connectivity index is 1.16. The lowest BCUT2D eigenvalue weighted by Gasteiger charge is -2.32. The van der Waals surface area contributed by atoms with E-state index in [1.165, 1.54) is 21.9 Å². The van der Waals surface area contributed by atoms with Gasteiger partial charge < -0.3 is 15.1 Å². The van der Waals surface area contributed by atoms with Gasteiger partial charge in [0.2, 0.25) is 0 Å². The number of piperidine rings is 1. The average Bonchev–Trinajstić information content (AvgIpc) is 3.50. The maximum atomic E-state index is 14.0. The lowest BCUT2D eigenvalue weighted by Crippen LogP contribution is -2.40. The standard InChI is InChI=1S/C24H23F2N5O2/c25-19-11-18-13-31(14-21(18)22(26)12-19)23(32)28-20-3-1-16(2-4-20)17-5-8-29(9-6-17)24(33)30-10-7-27-15-30/h1-4,7,10-12,15,17H,5-6,8-9,13-14H2,(H,28,32). The Kier molecular flexibility index (Phi) is 5.53. The van der Waals surface area contributed by atoms with E-state index >= 15 is 0 Å². The number of benzene rings is 2. The number of aromatic nitrogens is 2. The van der Waals surface area contributed by atoms with Crippen LogP contribution in [0.15, 0.2) is 55.1 Å². The molecule has 0 aliphatic carbocycles. The molecular formula is C24H23F2N5O2. The number of halogens is 2. The van der Waals surface area contributed by atoms with Gasteiger partial charge in [0.05, 0.1) is 6.54 Å². The van der Waals surface area contributed by atoms with E-state index in [2.05, 4.69) is 10.3 Å². The maximum Gasteiger partial charge on any atom is 0.329 e. The van der Waals surface area contributed by atoms with Crippen molar-refractivity contribution in [2.24, 2.45) is 0 Å². The van der Waals surface area contributed by atoms with Gasteiger partial charge in [-0.15, -0.1) is 0 Å². The number of hydrogen-bond acceptors (Lipinski definition) is 3. The van der Waals surface area contributed by atoms with Crippen LogP contribution in [-0.4, -0.2) is 44.5 Å². The number of imidazole rings is 1. The molecule has 170 valence electrons. The lowest BCUT2D eigenvalue weighted by molar-refractivity contribution is 0.183. The van der Waals surface area contributed by atoms with Crippen LogP contribution in [0.3, 0.4) is 0 Å². The molecule has 3 heterocycles. The highest BCUT2D eigenvalue weighted by Crippen LogP contribution is 2.30. The number of nitrogens with zero attached hydrogens (tertiary/aromatic N) is 4. The van der Waals surface area contributed by atoms with Crippen LogP contribution >= 0.6 is 0 Å². The average molecular weight is 451 g/mol. The Morgan fingerprint density at radius 1 is 1.00 bits per heavy atom. The number of anilines is 1. The van der Waals surface area contributed by atoms with Crippen LogP contribution in [0.1, 0.15) is 35.4 Å². The molecule has 2 aliphatic heterocycles. The molecule has 1 aromatic heterocycles. The predicted octanol–water partition coefficient (Wildman–Crippen LogP) is 4.56. The number of rotatable bonds is 2. The molecule has 0 unspecified atom stereocenters. The monoisotopic (exact) mass is 451 g/mol. The Morgan fingerprint density at radius 2 is 1.76 bits per heavy atom. The van der Waals surface area contributed by atoms with Gasteiger partial charge in [0.15, 0.2) is 0 Å². The van der Waals surface area contributed by atoms with Crippen LogP contribution in [0, 0.1) is 11.6 Å². The fourth-order valence-electron chi connectivity index (χ4n) is 4.55. The summed E-state index contributed by atoms with van der Waals surface area (Å²) >= 11 is 0. The van der Waals surface area contributed by atoms with Crippen molar-refractivity contribution < 1.29 is 18.4 Å². The third kappa shape index (κ3) is 4.30. The molecule has 5 rings (SSSR count). The largest absolute Gasteiger partial charge is 0.329 e. The van der Waals surface area contributed by atoms with Gasteiger partial charge >= 0.3 is 12.1 Å². The summed E-state index contributed by atoms with van der Waals surface area (Å²) in [4.78, 5) is 32.3. The van der Waals surface area contributed by atoms with Crippen LogP contribution in [0.4, 0.5) is 24.1 Å². The van der Waals surface area contributed by atoms with Gasteiger partial charge in [-0.2, -0.15) is 0 Å². The Labute approximate surface area is 189 Å². The molecule has 0 radical (unpaired) electrons. The molecule has 1 fully saturated rings. The van der Waals surface area contributed by atoms with E-state index in [4.69, 9.17) is 0 Å². The molecule has 3 aromatic rings. The zero-order valence-corrected chi connectivity index (χ0v) is 17.9. The van der Waals surface area contributed by atoms with E-state index < -0.39 is 11.6 Å². The number of amides is 3. The minimum Gasteiger partial charge on any atom is -0.324 e. The molecule has 2 aliphatic rings. The first-order valence-corrected chi connectivity index (χ1v) is 10.9. The molecule has 1 N–H and O–H groups in total. The quantitative estimate of drug-likeness (QED) is 0.621. The van der Waals surface area contributed by atoms with Crippen molar-refractivity contribution in [3.63, 3.8) is 0 Å². The second-order valence-electron chi connectivity index (χ2n) is 8.45. The van der Waals surface area contributed by atoms with E-state index in [9.17, 15) is 18.4 Å². The molecule has 1 saturated heterocycles. The number of hydrogen-bond donors (Lipinski definition) is 1. The van der Waals surface area contributed by atoms with Crippen molar-refractivity contribution in [2.75, 3.05) is 18.4 Å². The Hall–Kier alpha value is -3.75. The van der Waals surface area contributed by atoms with Crippen molar-refractivity contribution >= 4 is 17.7 Å². The summed E-state index contributed by atoms with van der Waals surface area (Å²) in [7, 11) is 0. The molecule has 0 saturated carbocycles. The first-order chi connectivity index (χ1) is 16.0. The van der Waals surface area contributed by atoms with Crippen LogP contribution in [0.25, 0.3) is 0 Å². The highest BCUT2D eigenvalue weighted by Gasteiger charge is 2.27. The van der Waals surface area contributed by atoms with Crippen molar-refractivity contribution in [3.05, 3.63) is 83.4 Å². The third-order valence-electron chi connectivity index (χ3n) is 6.37. The van der Waals surface area contributed by atoms with Gasteiger partial charge in [-0.1, -0.05) is 12.1 Å². The second kappa shape index (κ2) is 8.65. The van der Waals surface area contributed by atoms with Gasteiger partial charge in [-0.25, -0.2) is 23.4 Å². The molecule has 0 bridgehead atoms. The molecule has 3 amide bonds. The van der Waals surface area contributed by atoms with E-state index in [-0.39, 0.29) is 25.2 Å². The van der Waals surface area contributed by atoms with Gasteiger partial charge in [-0.3, -0.25) is 4.57 Å². The Bertz CT molecular complexity index is 1170. The zero-order chi connectivity index (χ0) is 22.9. The summed E-state index contributed by atoms with van der Waals surface area (Å²) in [5.74, 6) is -0.920.